The summed E-state index contributed by atoms with van der Waals surface area (Å²) in [4.78, 5) is 22.8. The van der Waals surface area contributed by atoms with Gasteiger partial charge in [-0.3, -0.25) is 4.79 Å². The van der Waals surface area contributed by atoms with Gasteiger partial charge in [0.2, 0.25) is 0 Å². The van der Waals surface area contributed by atoms with Crippen molar-refractivity contribution in [2.75, 3.05) is 0 Å². The number of aldehydes is 1. The Morgan fingerprint density at radius 3 is 2.58 bits per heavy atom. The lowest BCUT2D eigenvalue weighted by molar-refractivity contribution is -0.108. The van der Waals surface area contributed by atoms with Crippen LogP contribution in [0.4, 0.5) is 0 Å². The molecular formula is C17H14O2. The number of ketones is 1. The molecule has 19 heavy (non-hydrogen) atoms. The quantitative estimate of drug-likeness (QED) is 0.783. The fourth-order valence-electron chi connectivity index (χ4n) is 2.68. The van der Waals surface area contributed by atoms with Gasteiger partial charge in [-0.05, 0) is 29.2 Å². The monoisotopic (exact) mass is 250 g/mol. The Labute approximate surface area is 112 Å². The van der Waals surface area contributed by atoms with Gasteiger partial charge in [-0.1, -0.05) is 42.5 Å². The highest BCUT2D eigenvalue weighted by atomic mass is 16.1. The number of carbonyl (C=O) groups excluding carboxylic acids is 2. The van der Waals surface area contributed by atoms with E-state index in [1.165, 1.54) is 0 Å². The molecule has 2 aromatic carbocycles. The molecule has 0 radical (unpaired) electrons. The van der Waals surface area contributed by atoms with Crippen LogP contribution in [0.5, 0.6) is 0 Å². The normalized spacial score (nSPS) is 17.3. The molecule has 0 amide bonds. The first-order valence-corrected chi connectivity index (χ1v) is 6.46. The predicted molar refractivity (Wildman–Crippen MR) is 74.1 cm³/mol. The maximum absolute atomic E-state index is 12.2. The topological polar surface area (TPSA) is 34.1 Å². The van der Waals surface area contributed by atoms with Crippen LogP contribution in [-0.4, -0.2) is 12.1 Å². The molecule has 0 unspecified atom stereocenters. The van der Waals surface area contributed by atoms with Crippen LogP contribution in [0.1, 0.15) is 22.3 Å². The molecule has 2 nitrogen and oxygen atoms in total. The number of hydrogen-bond acceptors (Lipinski definition) is 2. The van der Waals surface area contributed by atoms with Gasteiger partial charge in [0.25, 0.3) is 0 Å². The minimum Gasteiger partial charge on any atom is -0.303 e. The molecule has 1 atom stereocenters. The maximum Gasteiger partial charge on any atom is 0.167 e. The number of rotatable bonds is 3. The van der Waals surface area contributed by atoms with E-state index in [4.69, 9.17) is 0 Å². The third-order valence-corrected chi connectivity index (χ3v) is 3.70. The summed E-state index contributed by atoms with van der Waals surface area (Å²) in [6, 6.07) is 16.0. The van der Waals surface area contributed by atoms with Crippen LogP contribution in [0, 0.1) is 5.92 Å². The molecule has 3 rings (SSSR count). The zero-order chi connectivity index (χ0) is 13.2. The van der Waals surface area contributed by atoms with Crippen molar-refractivity contribution in [1.82, 2.24) is 0 Å². The molecule has 0 N–H and O–H groups in total. The van der Waals surface area contributed by atoms with Crippen molar-refractivity contribution in [3.8, 4) is 11.1 Å². The first kappa shape index (κ1) is 11.8. The number of fused-ring (bicyclic) bond motifs is 1. The summed E-state index contributed by atoms with van der Waals surface area (Å²) in [6.45, 7) is 0. The van der Waals surface area contributed by atoms with E-state index in [2.05, 4.69) is 0 Å². The van der Waals surface area contributed by atoms with Crippen LogP contribution >= 0.6 is 0 Å². The van der Waals surface area contributed by atoms with Crippen LogP contribution in [0.15, 0.2) is 48.5 Å². The van der Waals surface area contributed by atoms with Crippen LogP contribution in [0.25, 0.3) is 11.1 Å². The van der Waals surface area contributed by atoms with E-state index in [1.807, 2.05) is 48.5 Å². The van der Waals surface area contributed by atoms with Gasteiger partial charge in [-0.2, -0.15) is 0 Å². The molecule has 0 spiro atoms. The van der Waals surface area contributed by atoms with Gasteiger partial charge < -0.3 is 4.79 Å². The van der Waals surface area contributed by atoms with Crippen LogP contribution in [0.2, 0.25) is 0 Å². The van der Waals surface area contributed by atoms with E-state index in [0.717, 1.165) is 28.5 Å². The fourth-order valence-corrected chi connectivity index (χ4v) is 2.68. The van der Waals surface area contributed by atoms with Crippen molar-refractivity contribution in [2.45, 2.75) is 12.8 Å². The van der Waals surface area contributed by atoms with Crippen molar-refractivity contribution in [2.24, 2.45) is 5.92 Å². The second-order valence-corrected chi connectivity index (χ2v) is 4.91. The zero-order valence-corrected chi connectivity index (χ0v) is 10.5. The van der Waals surface area contributed by atoms with E-state index in [1.54, 1.807) is 0 Å². The summed E-state index contributed by atoms with van der Waals surface area (Å²) in [5.74, 6) is -0.0431. The lowest BCUT2D eigenvalue weighted by Crippen LogP contribution is -2.09. The minimum absolute atomic E-state index is 0.111. The number of benzene rings is 2. The summed E-state index contributed by atoms with van der Waals surface area (Å²) < 4.78 is 0. The molecule has 0 fully saturated rings. The molecule has 0 saturated carbocycles. The van der Waals surface area contributed by atoms with Crippen molar-refractivity contribution in [1.29, 1.82) is 0 Å². The minimum atomic E-state index is -0.154. The molecule has 2 aromatic rings. The summed E-state index contributed by atoms with van der Waals surface area (Å²) in [7, 11) is 0. The van der Waals surface area contributed by atoms with Crippen LogP contribution in [0.3, 0.4) is 0 Å². The van der Waals surface area contributed by atoms with Gasteiger partial charge in [-0.25, -0.2) is 0 Å². The molecule has 1 aliphatic carbocycles. The molecule has 0 aliphatic heterocycles. The van der Waals surface area contributed by atoms with Crippen molar-refractivity contribution >= 4 is 12.1 Å². The summed E-state index contributed by atoms with van der Waals surface area (Å²) in [5, 5.41) is 0. The highest BCUT2D eigenvalue weighted by Gasteiger charge is 2.30. The summed E-state index contributed by atoms with van der Waals surface area (Å²) >= 11 is 0. The van der Waals surface area contributed by atoms with Gasteiger partial charge in [0, 0.05) is 17.9 Å². The summed E-state index contributed by atoms with van der Waals surface area (Å²) in [6.07, 6.45) is 1.86. The van der Waals surface area contributed by atoms with Crippen LogP contribution < -0.4 is 0 Å². The van der Waals surface area contributed by atoms with Crippen molar-refractivity contribution in [3.63, 3.8) is 0 Å². The van der Waals surface area contributed by atoms with Gasteiger partial charge in [0.1, 0.15) is 6.29 Å². The smallest absolute Gasteiger partial charge is 0.167 e. The molecule has 0 heterocycles. The van der Waals surface area contributed by atoms with Gasteiger partial charge in [-0.15, -0.1) is 0 Å². The Morgan fingerprint density at radius 1 is 1.05 bits per heavy atom. The number of carbonyl (C=O) groups is 2. The zero-order valence-electron chi connectivity index (χ0n) is 10.5. The SMILES string of the molecule is O=CC[C@@H]1Cc2ccc(-c3ccccc3)cc2C1=O. The molecule has 2 heteroatoms. The van der Waals surface area contributed by atoms with E-state index in [0.29, 0.717) is 12.8 Å². The largest absolute Gasteiger partial charge is 0.303 e. The first-order valence-electron chi connectivity index (χ1n) is 6.46. The second kappa shape index (κ2) is 4.81. The Hall–Kier alpha value is -2.22. The third kappa shape index (κ3) is 2.10. The Kier molecular flexibility index (Phi) is 3.00. The molecular weight excluding hydrogens is 236 g/mol. The molecule has 0 saturated heterocycles. The van der Waals surface area contributed by atoms with Crippen molar-refractivity contribution < 1.29 is 9.59 Å². The highest BCUT2D eigenvalue weighted by Crippen LogP contribution is 2.31. The Balaban J connectivity index is 1.99. The first-order chi connectivity index (χ1) is 9.29. The second-order valence-electron chi connectivity index (χ2n) is 4.91. The standard InChI is InChI=1S/C17H14O2/c18-9-8-15-10-14-7-6-13(11-16(14)17(15)19)12-4-2-1-3-5-12/h1-7,9,11,15H,8,10H2/t15-/m1/s1. The molecule has 94 valence electrons. The van der Waals surface area contributed by atoms with E-state index >= 15 is 0 Å². The van der Waals surface area contributed by atoms with Gasteiger partial charge >= 0.3 is 0 Å². The van der Waals surface area contributed by atoms with Gasteiger partial charge in [0.05, 0.1) is 0 Å². The molecule has 0 bridgehead atoms. The number of hydrogen-bond donors (Lipinski definition) is 0. The van der Waals surface area contributed by atoms with Crippen LogP contribution in [-0.2, 0) is 11.2 Å². The summed E-state index contributed by atoms with van der Waals surface area (Å²) in [5.41, 5.74) is 4.01. The Morgan fingerprint density at radius 2 is 1.84 bits per heavy atom. The van der Waals surface area contributed by atoms with E-state index < -0.39 is 0 Å². The van der Waals surface area contributed by atoms with Gasteiger partial charge in [0.15, 0.2) is 5.78 Å². The number of Topliss-reactive ketones (excluding diaryl/α,β-unsaturated/α-hetero) is 1. The third-order valence-electron chi connectivity index (χ3n) is 3.70. The molecule has 1 aliphatic rings. The Bertz CT molecular complexity index is 629. The lowest BCUT2D eigenvalue weighted by Gasteiger charge is -2.04. The van der Waals surface area contributed by atoms with E-state index in [-0.39, 0.29) is 11.7 Å². The molecule has 0 aromatic heterocycles. The predicted octanol–water partition coefficient (Wildman–Crippen LogP) is 3.30. The van der Waals surface area contributed by atoms with Crippen molar-refractivity contribution in [3.05, 3.63) is 59.7 Å². The van der Waals surface area contributed by atoms with E-state index in [9.17, 15) is 9.59 Å². The average Bonchev–Trinajstić information content (AvgIpc) is 2.77. The average molecular weight is 250 g/mol. The maximum atomic E-state index is 12.2. The highest BCUT2D eigenvalue weighted by molar-refractivity contribution is 6.04. The lowest BCUT2D eigenvalue weighted by atomic mass is 10.00. The fraction of sp³-hybridized carbons (Fsp3) is 0.176.